The van der Waals surface area contributed by atoms with Crippen LogP contribution in [0, 0.1) is 19.3 Å². The lowest BCUT2D eigenvalue weighted by Crippen LogP contribution is -2.35. The maximum atomic E-state index is 7.79. The van der Waals surface area contributed by atoms with Crippen LogP contribution in [-0.4, -0.2) is 35.9 Å². The fourth-order valence-corrected chi connectivity index (χ4v) is 3.16. The Morgan fingerprint density at radius 1 is 1.53 bits per heavy atom. The number of anilines is 1. The zero-order valence-electron chi connectivity index (χ0n) is 12.4. The molecule has 1 atom stereocenters. The molecular weight excluding hydrogens is 256 g/mol. The molecule has 1 heterocycles. The van der Waals surface area contributed by atoms with E-state index in [4.69, 9.17) is 11.1 Å². The number of thioether (sulfide) groups is 1. The van der Waals surface area contributed by atoms with Gasteiger partial charge in [-0.05, 0) is 32.6 Å². The molecule has 0 aliphatic rings. The van der Waals surface area contributed by atoms with Gasteiger partial charge in [-0.15, -0.1) is 0 Å². The predicted octanol–water partition coefficient (Wildman–Crippen LogP) is 2.56. The molecule has 0 amide bonds. The van der Waals surface area contributed by atoms with Crippen LogP contribution in [0.5, 0.6) is 0 Å². The van der Waals surface area contributed by atoms with E-state index < -0.39 is 0 Å². The number of amidine groups is 1. The molecule has 0 fully saturated rings. The molecule has 3 N–H and O–H groups in total. The first-order chi connectivity index (χ1) is 8.92. The molecule has 1 unspecified atom stereocenters. The van der Waals surface area contributed by atoms with E-state index in [1.54, 1.807) is 0 Å². The summed E-state index contributed by atoms with van der Waals surface area (Å²) in [5.74, 6) is 1.15. The molecular formula is C14H24N4S. The van der Waals surface area contributed by atoms with Crippen LogP contribution in [0.1, 0.15) is 30.3 Å². The summed E-state index contributed by atoms with van der Waals surface area (Å²) in [4.78, 5) is 6.65. The summed E-state index contributed by atoms with van der Waals surface area (Å²) in [6.07, 6.45) is 3.18. The normalized spacial score (nSPS) is 12.3. The minimum absolute atomic E-state index is 0.0888. The first-order valence-electron chi connectivity index (χ1n) is 6.46. The second kappa shape index (κ2) is 6.80. The molecule has 0 aromatic carbocycles. The highest BCUT2D eigenvalue weighted by Crippen LogP contribution is 2.26. The summed E-state index contributed by atoms with van der Waals surface area (Å²) in [7, 11) is 2.07. The van der Waals surface area contributed by atoms with Gasteiger partial charge in [-0.25, -0.2) is 0 Å². The van der Waals surface area contributed by atoms with E-state index in [1.165, 1.54) is 0 Å². The monoisotopic (exact) mass is 280 g/mol. The molecule has 19 heavy (non-hydrogen) atoms. The van der Waals surface area contributed by atoms with E-state index in [0.29, 0.717) is 6.04 Å². The van der Waals surface area contributed by atoms with Crippen molar-refractivity contribution in [2.45, 2.75) is 33.2 Å². The van der Waals surface area contributed by atoms with Gasteiger partial charge in [-0.2, -0.15) is 11.8 Å². The zero-order chi connectivity index (χ0) is 14.6. The van der Waals surface area contributed by atoms with Crippen LogP contribution in [0.25, 0.3) is 0 Å². The molecule has 1 rings (SSSR count). The lowest BCUT2D eigenvalue weighted by Gasteiger charge is -2.31. The SMILES string of the molecule is CCC(CSC)N(C)c1cc(C)nc(C)c1C(=N)N. The average molecular weight is 280 g/mol. The van der Waals surface area contributed by atoms with E-state index in [-0.39, 0.29) is 5.84 Å². The van der Waals surface area contributed by atoms with E-state index in [1.807, 2.05) is 31.7 Å². The summed E-state index contributed by atoms with van der Waals surface area (Å²) < 4.78 is 0. The second-order valence-electron chi connectivity index (χ2n) is 4.79. The fourth-order valence-electron chi connectivity index (χ4n) is 2.31. The highest BCUT2D eigenvalue weighted by atomic mass is 32.2. The molecule has 106 valence electrons. The number of hydrogen-bond donors (Lipinski definition) is 2. The lowest BCUT2D eigenvalue weighted by molar-refractivity contribution is 0.671. The molecule has 4 nitrogen and oxygen atoms in total. The van der Waals surface area contributed by atoms with Gasteiger partial charge >= 0.3 is 0 Å². The Balaban J connectivity index is 3.27. The Bertz CT molecular complexity index is 459. The van der Waals surface area contributed by atoms with Crippen molar-refractivity contribution in [2.24, 2.45) is 5.73 Å². The maximum absolute atomic E-state index is 7.79. The molecule has 1 aromatic heterocycles. The van der Waals surface area contributed by atoms with E-state index in [9.17, 15) is 0 Å². The number of nitrogens with zero attached hydrogens (tertiary/aromatic N) is 2. The van der Waals surface area contributed by atoms with Crippen LogP contribution in [-0.2, 0) is 0 Å². The summed E-state index contributed by atoms with van der Waals surface area (Å²) in [6.45, 7) is 6.08. The topological polar surface area (TPSA) is 66.0 Å². The van der Waals surface area contributed by atoms with Gasteiger partial charge < -0.3 is 10.6 Å². The predicted molar refractivity (Wildman–Crippen MR) is 85.6 cm³/mol. The largest absolute Gasteiger partial charge is 0.384 e. The number of aryl methyl sites for hydroxylation is 2. The van der Waals surface area contributed by atoms with Gasteiger partial charge in [0.25, 0.3) is 0 Å². The number of pyridine rings is 1. The van der Waals surface area contributed by atoms with Crippen molar-refractivity contribution in [3.63, 3.8) is 0 Å². The van der Waals surface area contributed by atoms with E-state index >= 15 is 0 Å². The Morgan fingerprint density at radius 2 is 2.16 bits per heavy atom. The van der Waals surface area contributed by atoms with Crippen molar-refractivity contribution in [3.05, 3.63) is 23.0 Å². The second-order valence-corrected chi connectivity index (χ2v) is 5.70. The summed E-state index contributed by atoms with van der Waals surface area (Å²) in [5, 5.41) is 7.79. The Labute approximate surface area is 120 Å². The fraction of sp³-hybridized carbons (Fsp3) is 0.571. The Kier molecular flexibility index (Phi) is 5.66. The van der Waals surface area contributed by atoms with Crippen LogP contribution >= 0.6 is 11.8 Å². The van der Waals surface area contributed by atoms with Crippen LogP contribution in [0.2, 0.25) is 0 Å². The first-order valence-corrected chi connectivity index (χ1v) is 7.86. The third kappa shape index (κ3) is 3.62. The number of nitrogens with two attached hydrogens (primary N) is 1. The van der Waals surface area contributed by atoms with Crippen molar-refractivity contribution in [3.8, 4) is 0 Å². The van der Waals surface area contributed by atoms with Crippen LogP contribution < -0.4 is 10.6 Å². The first kappa shape index (κ1) is 15.8. The molecule has 0 saturated heterocycles. The van der Waals surface area contributed by atoms with Gasteiger partial charge in [-0.1, -0.05) is 6.92 Å². The Hall–Kier alpha value is -1.23. The van der Waals surface area contributed by atoms with Crippen LogP contribution in [0.4, 0.5) is 5.69 Å². The average Bonchev–Trinajstić information content (AvgIpc) is 2.33. The highest BCUT2D eigenvalue weighted by molar-refractivity contribution is 7.98. The van der Waals surface area contributed by atoms with E-state index in [0.717, 1.165) is 34.8 Å². The number of nitrogen functional groups attached to an aromatic ring is 1. The Morgan fingerprint density at radius 3 is 2.63 bits per heavy atom. The highest BCUT2D eigenvalue weighted by Gasteiger charge is 2.19. The van der Waals surface area contributed by atoms with Gasteiger partial charge in [-0.3, -0.25) is 10.4 Å². The standard InChI is InChI=1S/C14H24N4S/c1-6-11(8-19-5)18(4)12-7-9(2)17-10(3)13(12)14(15)16/h7,11H,6,8H2,1-5H3,(H3,15,16). The molecule has 0 saturated carbocycles. The van der Waals surface area contributed by atoms with Gasteiger partial charge in [0.2, 0.25) is 0 Å². The number of hydrogen-bond acceptors (Lipinski definition) is 4. The van der Waals surface area contributed by atoms with Gasteiger partial charge in [0.05, 0.1) is 16.9 Å². The van der Waals surface area contributed by atoms with Crippen LogP contribution in [0.3, 0.4) is 0 Å². The summed E-state index contributed by atoms with van der Waals surface area (Å²) in [6, 6.07) is 2.46. The lowest BCUT2D eigenvalue weighted by atomic mass is 10.1. The van der Waals surface area contributed by atoms with Gasteiger partial charge in [0, 0.05) is 24.5 Å². The number of aromatic nitrogens is 1. The molecule has 0 spiro atoms. The third-order valence-electron chi connectivity index (χ3n) is 3.33. The molecule has 0 radical (unpaired) electrons. The van der Waals surface area contributed by atoms with Crippen molar-refractivity contribution in [1.29, 1.82) is 5.41 Å². The van der Waals surface area contributed by atoms with Crippen molar-refractivity contribution >= 4 is 23.3 Å². The van der Waals surface area contributed by atoms with Gasteiger partial charge in [0.1, 0.15) is 5.84 Å². The minimum Gasteiger partial charge on any atom is -0.384 e. The zero-order valence-corrected chi connectivity index (χ0v) is 13.3. The minimum atomic E-state index is 0.0888. The number of rotatable bonds is 6. The third-order valence-corrected chi connectivity index (χ3v) is 4.05. The molecule has 0 bridgehead atoms. The van der Waals surface area contributed by atoms with Gasteiger partial charge in [0.15, 0.2) is 0 Å². The maximum Gasteiger partial charge on any atom is 0.126 e. The summed E-state index contributed by atoms with van der Waals surface area (Å²) >= 11 is 1.84. The van der Waals surface area contributed by atoms with Crippen LogP contribution in [0.15, 0.2) is 6.07 Å². The van der Waals surface area contributed by atoms with Crippen molar-refractivity contribution < 1.29 is 0 Å². The van der Waals surface area contributed by atoms with Crippen molar-refractivity contribution in [1.82, 2.24) is 4.98 Å². The smallest absolute Gasteiger partial charge is 0.126 e. The van der Waals surface area contributed by atoms with E-state index in [2.05, 4.69) is 30.1 Å². The molecule has 0 aliphatic heterocycles. The summed E-state index contributed by atoms with van der Waals surface area (Å²) in [5.41, 5.74) is 9.29. The molecule has 0 aliphatic carbocycles. The van der Waals surface area contributed by atoms with Crippen molar-refractivity contribution in [2.75, 3.05) is 24.0 Å². The molecule has 5 heteroatoms. The number of nitrogens with one attached hydrogen (secondary N) is 1. The quantitative estimate of drug-likeness (QED) is 0.621. The molecule has 1 aromatic rings.